The lowest BCUT2D eigenvalue weighted by Crippen LogP contribution is -2.28. The summed E-state index contributed by atoms with van der Waals surface area (Å²) in [7, 11) is 1.79. The molecule has 1 aromatic heterocycles. The zero-order valence-electron chi connectivity index (χ0n) is 11.0. The van der Waals surface area contributed by atoms with Crippen LogP contribution in [0.3, 0.4) is 0 Å². The molecule has 1 atom stereocenters. The van der Waals surface area contributed by atoms with Crippen molar-refractivity contribution in [3.8, 4) is 5.69 Å². The summed E-state index contributed by atoms with van der Waals surface area (Å²) in [6.07, 6.45) is 3.70. The molecule has 0 radical (unpaired) electrons. The van der Waals surface area contributed by atoms with Crippen molar-refractivity contribution in [2.75, 3.05) is 13.6 Å². The van der Waals surface area contributed by atoms with E-state index in [4.69, 9.17) is 5.11 Å². The lowest BCUT2D eigenvalue weighted by molar-refractivity contribution is -0.138. The van der Waals surface area contributed by atoms with Crippen LogP contribution in [0.25, 0.3) is 5.69 Å². The molecular formula is C14H17N3O2. The van der Waals surface area contributed by atoms with Crippen LogP contribution in [-0.2, 0) is 4.79 Å². The van der Waals surface area contributed by atoms with Gasteiger partial charge in [-0.25, -0.2) is 4.68 Å². The molecule has 0 amide bonds. The number of para-hydroxylation sites is 1. The maximum Gasteiger partial charge on any atom is 0.317 e. The Balaban J connectivity index is 2.15. The fourth-order valence-electron chi connectivity index (χ4n) is 1.88. The molecule has 1 unspecified atom stereocenters. The van der Waals surface area contributed by atoms with Gasteiger partial charge in [0.1, 0.15) is 0 Å². The zero-order valence-corrected chi connectivity index (χ0v) is 11.0. The maximum absolute atomic E-state index is 10.7. The van der Waals surface area contributed by atoms with Crippen LogP contribution < -0.4 is 0 Å². The minimum Gasteiger partial charge on any atom is -0.480 e. The van der Waals surface area contributed by atoms with Crippen molar-refractivity contribution >= 4 is 5.97 Å². The van der Waals surface area contributed by atoms with E-state index in [1.807, 2.05) is 43.5 Å². The van der Waals surface area contributed by atoms with Crippen molar-refractivity contribution in [1.82, 2.24) is 14.7 Å². The van der Waals surface area contributed by atoms with Crippen LogP contribution >= 0.6 is 0 Å². The minimum atomic E-state index is -0.829. The van der Waals surface area contributed by atoms with Gasteiger partial charge in [-0.3, -0.25) is 9.69 Å². The van der Waals surface area contributed by atoms with Crippen LogP contribution in [0.15, 0.2) is 42.7 Å². The summed E-state index contributed by atoms with van der Waals surface area (Å²) in [5, 5.41) is 13.1. The first-order chi connectivity index (χ1) is 9.08. The number of carboxylic acids is 1. The fourth-order valence-corrected chi connectivity index (χ4v) is 1.88. The van der Waals surface area contributed by atoms with Crippen LogP contribution in [0.2, 0.25) is 0 Å². The third-order valence-electron chi connectivity index (χ3n) is 3.15. The van der Waals surface area contributed by atoms with Gasteiger partial charge in [0.05, 0.1) is 18.4 Å². The van der Waals surface area contributed by atoms with E-state index in [0.29, 0.717) is 0 Å². The van der Waals surface area contributed by atoms with E-state index in [9.17, 15) is 4.79 Å². The lowest BCUT2D eigenvalue weighted by Gasteiger charge is -2.21. The molecule has 0 aliphatic rings. The largest absolute Gasteiger partial charge is 0.480 e. The Labute approximate surface area is 112 Å². The summed E-state index contributed by atoms with van der Waals surface area (Å²) in [4.78, 5) is 12.5. The first-order valence-corrected chi connectivity index (χ1v) is 6.10. The van der Waals surface area contributed by atoms with Gasteiger partial charge in [-0.15, -0.1) is 0 Å². The molecule has 0 spiro atoms. The van der Waals surface area contributed by atoms with Gasteiger partial charge in [0, 0.05) is 17.8 Å². The molecule has 0 saturated heterocycles. The molecule has 5 heteroatoms. The quantitative estimate of drug-likeness (QED) is 0.891. The van der Waals surface area contributed by atoms with E-state index in [1.54, 1.807) is 22.8 Å². The molecule has 1 heterocycles. The van der Waals surface area contributed by atoms with Gasteiger partial charge in [0.25, 0.3) is 0 Å². The molecule has 0 bridgehead atoms. The molecule has 100 valence electrons. The average Bonchev–Trinajstić information content (AvgIpc) is 2.87. The number of rotatable bonds is 5. The van der Waals surface area contributed by atoms with Gasteiger partial charge < -0.3 is 5.11 Å². The highest BCUT2D eigenvalue weighted by Gasteiger charge is 2.16. The Morgan fingerprint density at radius 2 is 2.11 bits per heavy atom. The predicted molar refractivity (Wildman–Crippen MR) is 72.2 cm³/mol. The number of hydrogen-bond acceptors (Lipinski definition) is 3. The van der Waals surface area contributed by atoms with Crippen LogP contribution in [0.5, 0.6) is 0 Å². The van der Waals surface area contributed by atoms with Gasteiger partial charge in [-0.1, -0.05) is 18.2 Å². The number of hydrogen-bond donors (Lipinski definition) is 1. The topological polar surface area (TPSA) is 58.4 Å². The highest BCUT2D eigenvalue weighted by molar-refractivity contribution is 5.69. The molecule has 0 saturated carbocycles. The molecule has 19 heavy (non-hydrogen) atoms. The van der Waals surface area contributed by atoms with E-state index in [0.717, 1.165) is 11.3 Å². The van der Waals surface area contributed by atoms with E-state index in [1.165, 1.54) is 0 Å². The minimum absolute atomic E-state index is 0.00793. The third kappa shape index (κ3) is 3.20. The van der Waals surface area contributed by atoms with E-state index in [2.05, 4.69) is 5.10 Å². The predicted octanol–water partition coefficient (Wildman–Crippen LogP) is 1.95. The Bertz CT molecular complexity index is 551. The summed E-state index contributed by atoms with van der Waals surface area (Å²) in [5.74, 6) is -0.829. The van der Waals surface area contributed by atoms with Crippen LogP contribution in [0.4, 0.5) is 0 Å². The van der Waals surface area contributed by atoms with Crippen molar-refractivity contribution in [3.63, 3.8) is 0 Å². The third-order valence-corrected chi connectivity index (χ3v) is 3.15. The van der Waals surface area contributed by atoms with Crippen molar-refractivity contribution in [2.45, 2.75) is 13.0 Å². The Kier molecular flexibility index (Phi) is 3.97. The number of aliphatic carboxylic acids is 1. The number of benzene rings is 1. The van der Waals surface area contributed by atoms with Crippen LogP contribution in [0.1, 0.15) is 18.5 Å². The molecular weight excluding hydrogens is 242 g/mol. The van der Waals surface area contributed by atoms with Gasteiger partial charge in [-0.2, -0.15) is 5.10 Å². The van der Waals surface area contributed by atoms with Gasteiger partial charge in [0.15, 0.2) is 0 Å². The van der Waals surface area contributed by atoms with Crippen molar-refractivity contribution < 1.29 is 9.90 Å². The van der Waals surface area contributed by atoms with Crippen molar-refractivity contribution in [3.05, 3.63) is 48.3 Å². The second-order valence-corrected chi connectivity index (χ2v) is 4.54. The van der Waals surface area contributed by atoms with Gasteiger partial charge >= 0.3 is 5.97 Å². The first-order valence-electron chi connectivity index (χ1n) is 6.10. The summed E-state index contributed by atoms with van der Waals surface area (Å²) in [5.41, 5.74) is 1.98. The smallest absolute Gasteiger partial charge is 0.317 e. The fraction of sp³-hybridized carbons (Fsp3) is 0.286. The zero-order chi connectivity index (χ0) is 13.8. The molecule has 1 N–H and O–H groups in total. The molecule has 0 fully saturated rings. The SMILES string of the molecule is CC(c1cnn(-c2ccccc2)c1)N(C)CC(=O)O. The Morgan fingerprint density at radius 3 is 2.74 bits per heavy atom. The molecule has 0 aliphatic carbocycles. The summed E-state index contributed by atoms with van der Waals surface area (Å²) in [6, 6.07) is 9.82. The van der Waals surface area contributed by atoms with Crippen molar-refractivity contribution in [2.24, 2.45) is 0 Å². The first kappa shape index (κ1) is 13.3. The number of likely N-dealkylation sites (N-methyl/N-ethyl adjacent to an activating group) is 1. The molecule has 0 aliphatic heterocycles. The molecule has 5 nitrogen and oxygen atoms in total. The monoisotopic (exact) mass is 259 g/mol. The number of carboxylic acid groups (broad SMARTS) is 1. The number of carbonyl (C=O) groups is 1. The summed E-state index contributed by atoms with van der Waals surface area (Å²) in [6.45, 7) is 1.98. The average molecular weight is 259 g/mol. The standard InChI is InChI=1S/C14H17N3O2/c1-11(16(2)10-14(18)19)12-8-15-17(9-12)13-6-4-3-5-7-13/h3-9,11H,10H2,1-2H3,(H,18,19). The lowest BCUT2D eigenvalue weighted by atomic mass is 10.1. The molecule has 2 aromatic rings. The van der Waals surface area contributed by atoms with Crippen LogP contribution in [0, 0.1) is 0 Å². The molecule has 1 aromatic carbocycles. The summed E-state index contributed by atoms with van der Waals surface area (Å²) >= 11 is 0. The Morgan fingerprint density at radius 1 is 1.42 bits per heavy atom. The van der Waals surface area contributed by atoms with E-state index < -0.39 is 5.97 Å². The summed E-state index contributed by atoms with van der Waals surface area (Å²) < 4.78 is 1.79. The Hall–Kier alpha value is -2.14. The molecule has 2 rings (SSSR count). The number of nitrogens with zero attached hydrogens (tertiary/aromatic N) is 3. The maximum atomic E-state index is 10.7. The second-order valence-electron chi connectivity index (χ2n) is 4.54. The van der Waals surface area contributed by atoms with Gasteiger partial charge in [0.2, 0.25) is 0 Å². The van der Waals surface area contributed by atoms with Crippen LogP contribution in [-0.4, -0.2) is 39.3 Å². The van der Waals surface area contributed by atoms with Crippen molar-refractivity contribution in [1.29, 1.82) is 0 Å². The second kappa shape index (κ2) is 5.67. The highest BCUT2D eigenvalue weighted by atomic mass is 16.4. The normalized spacial score (nSPS) is 12.6. The van der Waals surface area contributed by atoms with E-state index in [-0.39, 0.29) is 12.6 Å². The number of aromatic nitrogens is 2. The highest BCUT2D eigenvalue weighted by Crippen LogP contribution is 2.19. The van der Waals surface area contributed by atoms with E-state index >= 15 is 0 Å². The van der Waals surface area contributed by atoms with Gasteiger partial charge in [-0.05, 0) is 26.1 Å².